The lowest BCUT2D eigenvalue weighted by Gasteiger charge is -2.14. The summed E-state index contributed by atoms with van der Waals surface area (Å²) < 4.78 is 2.18. The Hall–Kier alpha value is -1.61. The normalized spacial score (nSPS) is 12.7. The third-order valence-electron chi connectivity index (χ3n) is 3.47. The quantitative estimate of drug-likeness (QED) is 0.864. The van der Waals surface area contributed by atoms with Crippen LogP contribution in [0.25, 0.3) is 10.9 Å². The lowest BCUT2D eigenvalue weighted by atomic mass is 10.1. The zero-order chi connectivity index (χ0) is 13.7. The fourth-order valence-corrected chi connectivity index (χ4v) is 2.47. The fourth-order valence-electron chi connectivity index (χ4n) is 2.47. The molecule has 1 unspecified atom stereocenters. The van der Waals surface area contributed by atoms with Crippen LogP contribution in [0.5, 0.6) is 0 Å². The van der Waals surface area contributed by atoms with Crippen molar-refractivity contribution >= 4 is 10.9 Å². The molecule has 0 bridgehead atoms. The third-order valence-corrected chi connectivity index (χ3v) is 3.47. The highest BCUT2D eigenvalue weighted by atomic mass is 16.1. The number of aryl methyl sites for hydroxylation is 1. The smallest absolute Gasteiger partial charge is 0.189 e. The van der Waals surface area contributed by atoms with Crippen molar-refractivity contribution in [3.05, 3.63) is 46.8 Å². The molecule has 0 amide bonds. The molecule has 19 heavy (non-hydrogen) atoms. The van der Waals surface area contributed by atoms with Gasteiger partial charge < -0.3 is 9.88 Å². The van der Waals surface area contributed by atoms with Crippen molar-refractivity contribution in [1.29, 1.82) is 0 Å². The van der Waals surface area contributed by atoms with E-state index in [9.17, 15) is 4.79 Å². The van der Waals surface area contributed by atoms with Gasteiger partial charge in [0.15, 0.2) is 5.43 Å². The highest BCUT2D eigenvalue weighted by molar-refractivity contribution is 5.78. The maximum atomic E-state index is 11.8. The molecule has 0 fully saturated rings. The first-order valence-electron chi connectivity index (χ1n) is 7.04. The zero-order valence-electron chi connectivity index (χ0n) is 11.7. The Morgan fingerprint density at radius 2 is 2.05 bits per heavy atom. The van der Waals surface area contributed by atoms with E-state index < -0.39 is 0 Å². The second-order valence-electron chi connectivity index (χ2n) is 4.99. The highest BCUT2D eigenvalue weighted by Crippen LogP contribution is 2.11. The van der Waals surface area contributed by atoms with E-state index in [1.807, 2.05) is 30.5 Å². The minimum absolute atomic E-state index is 0.105. The minimum Gasteiger partial charge on any atom is -0.347 e. The van der Waals surface area contributed by atoms with Crippen molar-refractivity contribution in [2.24, 2.45) is 0 Å². The minimum atomic E-state index is 0.105. The molecular formula is C16H22N2O. The largest absolute Gasteiger partial charge is 0.347 e. The molecule has 1 aromatic heterocycles. The van der Waals surface area contributed by atoms with Crippen molar-refractivity contribution in [3.8, 4) is 0 Å². The number of hydrogen-bond donors (Lipinski definition) is 1. The Morgan fingerprint density at radius 3 is 2.84 bits per heavy atom. The molecule has 0 aliphatic rings. The number of aromatic nitrogens is 1. The van der Waals surface area contributed by atoms with Crippen LogP contribution < -0.4 is 10.7 Å². The Balaban J connectivity index is 2.09. The van der Waals surface area contributed by atoms with E-state index in [4.69, 9.17) is 0 Å². The van der Waals surface area contributed by atoms with Gasteiger partial charge in [-0.2, -0.15) is 0 Å². The van der Waals surface area contributed by atoms with Crippen molar-refractivity contribution in [2.45, 2.75) is 39.3 Å². The first kappa shape index (κ1) is 13.8. The summed E-state index contributed by atoms with van der Waals surface area (Å²) in [5.41, 5.74) is 1.14. The lowest BCUT2D eigenvalue weighted by molar-refractivity contribution is 0.489. The molecule has 1 aromatic carbocycles. The van der Waals surface area contributed by atoms with Crippen LogP contribution >= 0.6 is 0 Å². The number of benzene rings is 1. The van der Waals surface area contributed by atoms with E-state index in [2.05, 4.69) is 23.7 Å². The molecule has 0 radical (unpaired) electrons. The summed E-state index contributed by atoms with van der Waals surface area (Å²) in [6, 6.07) is 10.0. The van der Waals surface area contributed by atoms with Crippen molar-refractivity contribution in [3.63, 3.8) is 0 Å². The molecule has 102 valence electrons. The Bertz CT molecular complexity index is 589. The average Bonchev–Trinajstić information content (AvgIpc) is 2.42. The third kappa shape index (κ3) is 3.44. The molecule has 2 rings (SSSR count). The Labute approximate surface area is 114 Å². The van der Waals surface area contributed by atoms with Crippen LogP contribution in [0.15, 0.2) is 41.3 Å². The van der Waals surface area contributed by atoms with Gasteiger partial charge in [-0.3, -0.25) is 4.79 Å². The molecule has 0 saturated heterocycles. The highest BCUT2D eigenvalue weighted by Gasteiger charge is 2.03. The number of para-hydroxylation sites is 1. The SMILES string of the molecule is CCNC(C)CCCn1ccc(=O)c2ccccc21. The number of nitrogens with one attached hydrogen (secondary N) is 1. The zero-order valence-corrected chi connectivity index (χ0v) is 11.7. The molecule has 1 heterocycles. The Morgan fingerprint density at radius 1 is 1.26 bits per heavy atom. The van der Waals surface area contributed by atoms with E-state index in [1.165, 1.54) is 0 Å². The molecule has 3 heteroatoms. The maximum Gasteiger partial charge on any atom is 0.189 e. The van der Waals surface area contributed by atoms with Crippen LogP contribution in [0.1, 0.15) is 26.7 Å². The van der Waals surface area contributed by atoms with Crippen LogP contribution in [-0.2, 0) is 6.54 Å². The number of rotatable bonds is 6. The summed E-state index contributed by atoms with van der Waals surface area (Å²) in [6.07, 6.45) is 4.16. The van der Waals surface area contributed by atoms with Gasteiger partial charge in [-0.15, -0.1) is 0 Å². The van der Waals surface area contributed by atoms with Gasteiger partial charge in [-0.1, -0.05) is 19.1 Å². The van der Waals surface area contributed by atoms with Crippen molar-refractivity contribution < 1.29 is 0 Å². The summed E-state index contributed by atoms with van der Waals surface area (Å²) in [4.78, 5) is 11.8. The molecule has 0 spiro atoms. The fraction of sp³-hybridized carbons (Fsp3) is 0.438. The molecule has 1 N–H and O–H groups in total. The van der Waals surface area contributed by atoms with Gasteiger partial charge in [-0.25, -0.2) is 0 Å². The molecule has 1 atom stereocenters. The molecule has 2 aromatic rings. The maximum absolute atomic E-state index is 11.8. The number of pyridine rings is 1. The summed E-state index contributed by atoms with van der Waals surface area (Å²) in [7, 11) is 0. The van der Waals surface area contributed by atoms with Gasteiger partial charge in [0.05, 0.1) is 5.52 Å². The standard InChI is InChI=1S/C16H22N2O/c1-3-17-13(2)7-6-11-18-12-10-16(19)14-8-4-5-9-15(14)18/h4-5,8-10,12-13,17H,3,6-7,11H2,1-2H3. The molecule has 3 nitrogen and oxygen atoms in total. The second kappa shape index (κ2) is 6.53. The van der Waals surface area contributed by atoms with Crippen molar-refractivity contribution in [2.75, 3.05) is 6.54 Å². The summed E-state index contributed by atoms with van der Waals surface area (Å²) in [5, 5.41) is 4.23. The lowest BCUT2D eigenvalue weighted by Crippen LogP contribution is -2.25. The van der Waals surface area contributed by atoms with Crippen LogP contribution in [0.3, 0.4) is 0 Å². The summed E-state index contributed by atoms with van der Waals surface area (Å²) in [6.45, 7) is 6.32. The number of fused-ring (bicyclic) bond motifs is 1. The van der Waals surface area contributed by atoms with E-state index in [0.717, 1.165) is 36.8 Å². The van der Waals surface area contributed by atoms with Crippen LogP contribution in [-0.4, -0.2) is 17.2 Å². The average molecular weight is 258 g/mol. The molecular weight excluding hydrogens is 236 g/mol. The summed E-state index contributed by atoms with van der Waals surface area (Å²) in [5.74, 6) is 0. The van der Waals surface area contributed by atoms with Gasteiger partial charge in [-0.05, 0) is 38.4 Å². The first-order valence-corrected chi connectivity index (χ1v) is 7.04. The van der Waals surface area contributed by atoms with E-state index in [1.54, 1.807) is 6.07 Å². The summed E-state index contributed by atoms with van der Waals surface area (Å²) >= 11 is 0. The topological polar surface area (TPSA) is 34.0 Å². The van der Waals surface area contributed by atoms with E-state index in [-0.39, 0.29) is 5.43 Å². The van der Waals surface area contributed by atoms with Crippen LogP contribution in [0.2, 0.25) is 0 Å². The number of hydrogen-bond acceptors (Lipinski definition) is 2. The monoisotopic (exact) mass is 258 g/mol. The predicted octanol–water partition coefficient (Wildman–Crippen LogP) is 2.78. The van der Waals surface area contributed by atoms with E-state index in [0.29, 0.717) is 6.04 Å². The van der Waals surface area contributed by atoms with Crippen LogP contribution in [0, 0.1) is 0 Å². The predicted molar refractivity (Wildman–Crippen MR) is 80.6 cm³/mol. The van der Waals surface area contributed by atoms with Crippen molar-refractivity contribution in [1.82, 2.24) is 9.88 Å². The van der Waals surface area contributed by atoms with Gasteiger partial charge in [0.2, 0.25) is 0 Å². The van der Waals surface area contributed by atoms with Gasteiger partial charge in [0.25, 0.3) is 0 Å². The Kier molecular flexibility index (Phi) is 4.74. The molecule has 0 aliphatic heterocycles. The van der Waals surface area contributed by atoms with Gasteiger partial charge in [0, 0.05) is 30.2 Å². The van der Waals surface area contributed by atoms with Gasteiger partial charge >= 0.3 is 0 Å². The molecule has 0 aliphatic carbocycles. The first-order chi connectivity index (χ1) is 9.22. The number of nitrogens with zero attached hydrogens (tertiary/aromatic N) is 1. The van der Waals surface area contributed by atoms with Gasteiger partial charge in [0.1, 0.15) is 0 Å². The molecule has 0 saturated carbocycles. The van der Waals surface area contributed by atoms with Crippen LogP contribution in [0.4, 0.5) is 0 Å². The second-order valence-corrected chi connectivity index (χ2v) is 4.99. The van der Waals surface area contributed by atoms with E-state index >= 15 is 0 Å².